The molecule has 2 rings (SSSR count). The van der Waals surface area contributed by atoms with Crippen LogP contribution in [0, 0.1) is 0 Å². The molecule has 0 saturated heterocycles. The van der Waals surface area contributed by atoms with Crippen LogP contribution in [0.25, 0.3) is 0 Å². The van der Waals surface area contributed by atoms with E-state index in [1.807, 2.05) is 0 Å². The molecule has 0 heterocycles. The molecule has 2 N–H and O–H groups in total. The Morgan fingerprint density at radius 3 is 2.57 bits per heavy atom. The van der Waals surface area contributed by atoms with Crippen LogP contribution < -0.4 is 10.1 Å². The first-order valence-electron chi connectivity index (χ1n) is 7.58. The number of rotatable bonds is 6. The predicted molar refractivity (Wildman–Crippen MR) is 78.0 cm³/mol. The number of ether oxygens (including phenoxy) is 1. The molecule has 4 nitrogen and oxygen atoms in total. The largest absolute Gasteiger partial charge is 0.491 e. The minimum Gasteiger partial charge on any atom is -0.491 e. The van der Waals surface area contributed by atoms with Crippen molar-refractivity contribution < 1.29 is 27.8 Å². The van der Waals surface area contributed by atoms with Crippen molar-refractivity contribution in [1.29, 1.82) is 0 Å². The average Bonchev–Trinajstić information content (AvgIpc) is 2.89. The summed E-state index contributed by atoms with van der Waals surface area (Å²) in [5, 5.41) is 12.7. The van der Waals surface area contributed by atoms with Crippen LogP contribution in [-0.2, 0) is 11.0 Å². The molecular weight excluding hydrogens is 311 g/mol. The Hall–Kier alpha value is -1.76. The second-order valence-corrected chi connectivity index (χ2v) is 5.80. The van der Waals surface area contributed by atoms with Crippen LogP contribution in [0.3, 0.4) is 0 Å². The van der Waals surface area contributed by atoms with Crippen molar-refractivity contribution in [3.63, 3.8) is 0 Å². The molecular formula is C16H20F3NO3. The monoisotopic (exact) mass is 331 g/mol. The van der Waals surface area contributed by atoms with Gasteiger partial charge in [0.1, 0.15) is 12.4 Å². The fourth-order valence-electron chi connectivity index (χ4n) is 2.75. The van der Waals surface area contributed by atoms with Gasteiger partial charge in [-0.05, 0) is 25.0 Å². The highest BCUT2D eigenvalue weighted by molar-refractivity contribution is 5.77. The van der Waals surface area contributed by atoms with E-state index in [9.17, 15) is 23.1 Å². The van der Waals surface area contributed by atoms with Crippen molar-refractivity contribution in [2.45, 2.75) is 43.9 Å². The maximum Gasteiger partial charge on any atom is 0.419 e. The molecule has 128 valence electrons. The van der Waals surface area contributed by atoms with Gasteiger partial charge in [0.25, 0.3) is 0 Å². The summed E-state index contributed by atoms with van der Waals surface area (Å²) in [6, 6.07) is 4.94. The van der Waals surface area contributed by atoms with Crippen LogP contribution in [0.4, 0.5) is 13.2 Å². The summed E-state index contributed by atoms with van der Waals surface area (Å²) < 4.78 is 43.4. The van der Waals surface area contributed by atoms with Crippen LogP contribution in [0.5, 0.6) is 5.75 Å². The number of hydrogen-bond donors (Lipinski definition) is 2. The Balaban J connectivity index is 1.76. The summed E-state index contributed by atoms with van der Waals surface area (Å²) >= 11 is 0. The van der Waals surface area contributed by atoms with Crippen molar-refractivity contribution in [1.82, 2.24) is 5.32 Å². The maximum absolute atomic E-state index is 12.8. The summed E-state index contributed by atoms with van der Waals surface area (Å²) in [6.07, 6.45) is -1.44. The van der Waals surface area contributed by atoms with Gasteiger partial charge in [0.05, 0.1) is 24.1 Å². The summed E-state index contributed by atoms with van der Waals surface area (Å²) in [4.78, 5) is 11.7. The summed E-state index contributed by atoms with van der Waals surface area (Å²) in [7, 11) is 0. The minimum absolute atomic E-state index is 0.0200. The molecule has 1 amide bonds. The number of halogens is 3. The van der Waals surface area contributed by atoms with E-state index in [4.69, 9.17) is 4.74 Å². The van der Waals surface area contributed by atoms with Crippen LogP contribution in [-0.4, -0.2) is 29.8 Å². The Bertz CT molecular complexity index is 540. The third-order valence-corrected chi connectivity index (χ3v) is 3.90. The lowest BCUT2D eigenvalue weighted by molar-refractivity contribution is -0.139. The summed E-state index contributed by atoms with van der Waals surface area (Å²) in [6.45, 7) is 0.0123. The second-order valence-electron chi connectivity index (χ2n) is 5.80. The Morgan fingerprint density at radius 2 is 1.91 bits per heavy atom. The highest BCUT2D eigenvalue weighted by atomic mass is 19.4. The van der Waals surface area contributed by atoms with Gasteiger partial charge in [-0.2, -0.15) is 13.2 Å². The molecule has 0 unspecified atom stereocenters. The number of para-hydroxylation sites is 1. The van der Waals surface area contributed by atoms with Gasteiger partial charge in [-0.3, -0.25) is 4.79 Å². The lowest BCUT2D eigenvalue weighted by atomic mass is 9.98. The predicted octanol–water partition coefficient (Wildman–Crippen LogP) is 2.90. The highest BCUT2D eigenvalue weighted by Crippen LogP contribution is 2.35. The first-order valence-corrected chi connectivity index (χ1v) is 7.58. The average molecular weight is 331 g/mol. The third kappa shape index (κ3) is 5.13. The SMILES string of the molecule is O=C(CC1(O)CCCC1)NCCOc1ccccc1C(F)(F)F. The highest BCUT2D eigenvalue weighted by Gasteiger charge is 2.34. The third-order valence-electron chi connectivity index (χ3n) is 3.90. The van der Waals surface area contributed by atoms with Crippen molar-refractivity contribution in [2.75, 3.05) is 13.2 Å². The molecule has 0 atom stereocenters. The second kappa shape index (κ2) is 7.21. The zero-order valence-corrected chi connectivity index (χ0v) is 12.7. The summed E-state index contributed by atoms with van der Waals surface area (Å²) in [5.41, 5.74) is -1.78. The van der Waals surface area contributed by atoms with Crippen molar-refractivity contribution >= 4 is 5.91 Å². The molecule has 0 radical (unpaired) electrons. The number of nitrogens with one attached hydrogen (secondary N) is 1. The van der Waals surface area contributed by atoms with Crippen LogP contribution in [0.1, 0.15) is 37.7 Å². The van der Waals surface area contributed by atoms with E-state index in [2.05, 4.69) is 5.32 Å². The summed E-state index contributed by atoms with van der Waals surface area (Å²) in [5.74, 6) is -0.578. The van der Waals surface area contributed by atoms with E-state index < -0.39 is 17.3 Å². The standard InChI is InChI=1S/C16H20F3NO3/c17-16(18,19)12-5-1-2-6-13(12)23-10-9-20-14(21)11-15(22)7-3-4-8-15/h1-2,5-6,22H,3-4,7-11H2,(H,20,21). The number of alkyl halides is 3. The quantitative estimate of drug-likeness (QED) is 0.788. The van der Waals surface area contributed by atoms with Gasteiger partial charge in [-0.25, -0.2) is 0 Å². The molecule has 0 aliphatic heterocycles. The molecule has 0 spiro atoms. The zero-order chi connectivity index (χ0) is 16.9. The Kier molecular flexibility index (Phi) is 5.51. The fourth-order valence-corrected chi connectivity index (χ4v) is 2.75. The normalized spacial score (nSPS) is 17.0. The lowest BCUT2D eigenvalue weighted by Crippen LogP contribution is -2.36. The molecule has 1 aromatic carbocycles. The van der Waals surface area contributed by atoms with E-state index >= 15 is 0 Å². The Labute approximate surface area is 132 Å². The molecule has 1 aromatic rings. The van der Waals surface area contributed by atoms with Crippen molar-refractivity contribution in [3.8, 4) is 5.75 Å². The van der Waals surface area contributed by atoms with Crippen molar-refractivity contribution in [3.05, 3.63) is 29.8 Å². The smallest absolute Gasteiger partial charge is 0.419 e. The molecule has 1 fully saturated rings. The first kappa shape index (κ1) is 17.6. The number of amides is 1. The number of hydrogen-bond acceptors (Lipinski definition) is 3. The van der Waals surface area contributed by atoms with Gasteiger partial charge in [0.2, 0.25) is 5.91 Å². The van der Waals surface area contributed by atoms with Gasteiger partial charge < -0.3 is 15.2 Å². The number of carbonyl (C=O) groups is 1. The first-order chi connectivity index (χ1) is 10.8. The van der Waals surface area contributed by atoms with E-state index in [1.165, 1.54) is 18.2 Å². The number of carbonyl (C=O) groups excluding carboxylic acids is 1. The van der Waals surface area contributed by atoms with Gasteiger partial charge in [0.15, 0.2) is 0 Å². The molecule has 23 heavy (non-hydrogen) atoms. The molecule has 0 aromatic heterocycles. The van der Waals surface area contributed by atoms with Gasteiger partial charge in [-0.15, -0.1) is 0 Å². The van der Waals surface area contributed by atoms with E-state index in [-0.39, 0.29) is 31.2 Å². The van der Waals surface area contributed by atoms with Gasteiger partial charge in [-0.1, -0.05) is 25.0 Å². The molecule has 1 aliphatic rings. The Morgan fingerprint density at radius 1 is 1.26 bits per heavy atom. The van der Waals surface area contributed by atoms with Crippen molar-refractivity contribution in [2.24, 2.45) is 0 Å². The van der Waals surface area contributed by atoms with Crippen LogP contribution in [0.2, 0.25) is 0 Å². The van der Waals surface area contributed by atoms with Gasteiger partial charge in [0, 0.05) is 0 Å². The molecule has 1 aliphatic carbocycles. The molecule has 7 heteroatoms. The topological polar surface area (TPSA) is 58.6 Å². The lowest BCUT2D eigenvalue weighted by Gasteiger charge is -2.21. The van der Waals surface area contributed by atoms with Gasteiger partial charge >= 0.3 is 6.18 Å². The van der Waals surface area contributed by atoms with E-state index in [1.54, 1.807) is 0 Å². The fraction of sp³-hybridized carbons (Fsp3) is 0.562. The number of aliphatic hydroxyl groups is 1. The minimum atomic E-state index is -4.48. The van der Waals surface area contributed by atoms with Crippen LogP contribution >= 0.6 is 0 Å². The zero-order valence-electron chi connectivity index (χ0n) is 12.7. The molecule has 0 bridgehead atoms. The number of benzene rings is 1. The maximum atomic E-state index is 12.8. The molecule has 1 saturated carbocycles. The van der Waals surface area contributed by atoms with E-state index in [0.29, 0.717) is 12.8 Å². The van der Waals surface area contributed by atoms with Crippen LogP contribution in [0.15, 0.2) is 24.3 Å². The van der Waals surface area contributed by atoms with E-state index in [0.717, 1.165) is 18.9 Å².